The number of sulfonamides is 1. The number of aromatic amines is 2. The van der Waals surface area contributed by atoms with Gasteiger partial charge in [-0.1, -0.05) is 0 Å². The SMILES string of the molecule is COC1=Cc2nc(-c3[nH]ncc3NC(=O)c3cc(S(=O)(=O)N4CCOCC4)ccc3OC)[nH]c2CC1OC. The Balaban J connectivity index is 1.42. The van der Waals surface area contributed by atoms with Crippen molar-refractivity contribution in [3.05, 3.63) is 47.1 Å². The molecule has 3 aromatic rings. The highest BCUT2D eigenvalue weighted by Crippen LogP contribution is 2.31. The van der Waals surface area contributed by atoms with Gasteiger partial charge < -0.3 is 29.2 Å². The highest BCUT2D eigenvalue weighted by atomic mass is 32.2. The van der Waals surface area contributed by atoms with Crippen molar-refractivity contribution in [3.63, 3.8) is 0 Å². The molecule has 1 atom stereocenters. The van der Waals surface area contributed by atoms with E-state index in [1.807, 2.05) is 0 Å². The predicted molar refractivity (Wildman–Crippen MR) is 136 cm³/mol. The number of carbonyl (C=O) groups excluding carboxylic acids is 1. The van der Waals surface area contributed by atoms with E-state index in [9.17, 15) is 13.2 Å². The highest BCUT2D eigenvalue weighted by molar-refractivity contribution is 7.89. The molecule has 0 saturated carbocycles. The van der Waals surface area contributed by atoms with Crippen molar-refractivity contribution in [1.29, 1.82) is 0 Å². The Bertz CT molecular complexity index is 1470. The molecule has 1 aliphatic heterocycles. The van der Waals surface area contributed by atoms with Crippen LogP contribution in [0.1, 0.15) is 21.7 Å². The van der Waals surface area contributed by atoms with Gasteiger partial charge in [0.15, 0.2) is 5.82 Å². The second-order valence-corrected chi connectivity index (χ2v) is 10.6. The number of benzene rings is 1. The van der Waals surface area contributed by atoms with E-state index in [4.69, 9.17) is 18.9 Å². The van der Waals surface area contributed by atoms with Gasteiger partial charge in [-0.3, -0.25) is 9.89 Å². The van der Waals surface area contributed by atoms with E-state index >= 15 is 0 Å². The molecule has 5 rings (SSSR count). The summed E-state index contributed by atoms with van der Waals surface area (Å²) in [7, 11) is 0.784. The number of hydrogen-bond acceptors (Lipinski definition) is 9. The number of carbonyl (C=O) groups is 1. The molecule has 1 amide bonds. The molecule has 1 fully saturated rings. The van der Waals surface area contributed by atoms with Crippen molar-refractivity contribution in [2.45, 2.75) is 17.4 Å². The Morgan fingerprint density at radius 2 is 1.97 bits per heavy atom. The molecule has 3 heterocycles. The average molecular weight is 545 g/mol. The topological polar surface area (TPSA) is 161 Å². The van der Waals surface area contributed by atoms with Crippen LogP contribution in [-0.4, -0.2) is 92.5 Å². The van der Waals surface area contributed by atoms with Crippen LogP contribution in [0.5, 0.6) is 5.75 Å². The zero-order valence-electron chi connectivity index (χ0n) is 21.1. The molecular weight excluding hydrogens is 516 g/mol. The van der Waals surface area contributed by atoms with E-state index in [-0.39, 0.29) is 35.4 Å². The van der Waals surface area contributed by atoms with Crippen molar-refractivity contribution in [2.75, 3.05) is 52.9 Å². The smallest absolute Gasteiger partial charge is 0.259 e. The summed E-state index contributed by atoms with van der Waals surface area (Å²) in [6.45, 7) is 1.12. The first-order chi connectivity index (χ1) is 18.3. The number of anilines is 1. The van der Waals surface area contributed by atoms with Crippen LogP contribution in [0.25, 0.3) is 17.6 Å². The van der Waals surface area contributed by atoms with E-state index in [0.717, 1.165) is 5.69 Å². The maximum Gasteiger partial charge on any atom is 0.259 e. The number of methoxy groups -OCH3 is 3. The molecule has 202 valence electrons. The lowest BCUT2D eigenvalue weighted by Gasteiger charge is -2.26. The molecule has 1 aliphatic carbocycles. The van der Waals surface area contributed by atoms with Crippen molar-refractivity contribution in [2.24, 2.45) is 0 Å². The van der Waals surface area contributed by atoms with Gasteiger partial charge in [-0.05, 0) is 18.2 Å². The summed E-state index contributed by atoms with van der Waals surface area (Å²) in [6, 6.07) is 4.20. The summed E-state index contributed by atoms with van der Waals surface area (Å²) in [6.07, 6.45) is 3.54. The van der Waals surface area contributed by atoms with Gasteiger partial charge in [0, 0.05) is 38.4 Å². The van der Waals surface area contributed by atoms with Crippen molar-refractivity contribution in [3.8, 4) is 17.3 Å². The number of morpholine rings is 1. The van der Waals surface area contributed by atoms with Crippen LogP contribution >= 0.6 is 0 Å². The minimum Gasteiger partial charge on any atom is -0.498 e. The Kier molecular flexibility index (Phi) is 7.21. The van der Waals surface area contributed by atoms with Crippen molar-refractivity contribution < 1.29 is 32.2 Å². The first-order valence-corrected chi connectivity index (χ1v) is 13.3. The highest BCUT2D eigenvalue weighted by Gasteiger charge is 2.29. The minimum atomic E-state index is -3.81. The van der Waals surface area contributed by atoms with Crippen LogP contribution in [-0.2, 0) is 30.7 Å². The second kappa shape index (κ2) is 10.6. The number of nitrogens with zero attached hydrogens (tertiary/aromatic N) is 3. The molecule has 0 bridgehead atoms. The molecule has 0 spiro atoms. The van der Waals surface area contributed by atoms with Gasteiger partial charge in [0.25, 0.3) is 5.91 Å². The summed E-state index contributed by atoms with van der Waals surface area (Å²) in [5, 5.41) is 9.72. The largest absolute Gasteiger partial charge is 0.498 e. The van der Waals surface area contributed by atoms with Crippen LogP contribution < -0.4 is 10.1 Å². The maximum absolute atomic E-state index is 13.4. The number of hydrogen-bond donors (Lipinski definition) is 3. The number of nitrogens with one attached hydrogen (secondary N) is 3. The van der Waals surface area contributed by atoms with Crippen molar-refractivity contribution >= 4 is 27.7 Å². The van der Waals surface area contributed by atoms with Gasteiger partial charge in [-0.15, -0.1) is 0 Å². The van der Waals surface area contributed by atoms with Gasteiger partial charge in [0.1, 0.15) is 23.3 Å². The van der Waals surface area contributed by atoms with Gasteiger partial charge >= 0.3 is 0 Å². The van der Waals surface area contributed by atoms with Crippen LogP contribution in [0, 0.1) is 0 Å². The number of fused-ring (bicyclic) bond motifs is 1. The van der Waals surface area contributed by atoms with Crippen LogP contribution in [0.4, 0.5) is 5.69 Å². The molecule has 0 radical (unpaired) electrons. The summed E-state index contributed by atoms with van der Waals surface area (Å²) in [4.78, 5) is 21.2. The van der Waals surface area contributed by atoms with E-state index in [0.29, 0.717) is 48.3 Å². The predicted octanol–water partition coefficient (Wildman–Crippen LogP) is 1.64. The van der Waals surface area contributed by atoms with Crippen molar-refractivity contribution in [1.82, 2.24) is 24.5 Å². The fourth-order valence-electron chi connectivity index (χ4n) is 4.43. The number of rotatable bonds is 8. The lowest BCUT2D eigenvalue weighted by molar-refractivity contribution is 0.0730. The first kappa shape index (κ1) is 25.9. The molecule has 1 aromatic carbocycles. The van der Waals surface area contributed by atoms with E-state index in [1.165, 1.54) is 35.8 Å². The molecule has 1 unspecified atom stereocenters. The molecule has 2 aliphatic rings. The van der Waals surface area contributed by atoms with Gasteiger partial charge in [0.05, 0.1) is 55.5 Å². The van der Waals surface area contributed by atoms with E-state index in [2.05, 4.69) is 25.5 Å². The third kappa shape index (κ3) is 4.78. The standard InChI is InChI=1S/C24H28N6O7S/c1-34-19-5-4-14(38(32,33)30-6-8-37-9-7-30)10-15(19)24(31)28-18-13-25-29-22(18)23-26-16-11-20(35-2)21(36-3)12-17(16)27-23/h4-5,10-11,13,21H,6-9,12H2,1-3H3,(H,25,29)(H,26,27)(H,28,31). The molecule has 2 aromatic heterocycles. The molecule has 3 N–H and O–H groups in total. The Morgan fingerprint density at radius 1 is 1.18 bits per heavy atom. The van der Waals surface area contributed by atoms with Gasteiger partial charge in [0.2, 0.25) is 10.0 Å². The average Bonchev–Trinajstić information content (AvgIpc) is 3.58. The minimum absolute atomic E-state index is 0.00934. The Hall–Kier alpha value is -3.72. The molecule has 13 nitrogen and oxygen atoms in total. The van der Waals surface area contributed by atoms with Crippen LogP contribution in [0.3, 0.4) is 0 Å². The molecular formula is C24H28N6O7S. The fraction of sp³-hybridized carbons (Fsp3) is 0.375. The lowest BCUT2D eigenvalue weighted by atomic mass is 10.0. The van der Waals surface area contributed by atoms with E-state index < -0.39 is 15.9 Å². The number of amides is 1. The van der Waals surface area contributed by atoms with E-state index in [1.54, 1.807) is 20.3 Å². The Labute approximate surface area is 219 Å². The maximum atomic E-state index is 13.4. The summed E-state index contributed by atoms with van der Waals surface area (Å²) in [5.74, 6) is 0.780. The summed E-state index contributed by atoms with van der Waals surface area (Å²) < 4.78 is 49.2. The third-order valence-corrected chi connectivity index (χ3v) is 8.36. The van der Waals surface area contributed by atoms with Crippen LogP contribution in [0.2, 0.25) is 0 Å². The molecule has 38 heavy (non-hydrogen) atoms. The number of aromatic nitrogens is 4. The normalized spacial score (nSPS) is 18.0. The van der Waals surface area contributed by atoms with Crippen LogP contribution in [0.15, 0.2) is 35.1 Å². The quantitative estimate of drug-likeness (QED) is 0.383. The first-order valence-electron chi connectivity index (χ1n) is 11.8. The van der Waals surface area contributed by atoms with Gasteiger partial charge in [-0.25, -0.2) is 13.4 Å². The summed E-state index contributed by atoms with van der Waals surface area (Å²) in [5.41, 5.74) is 2.40. The summed E-state index contributed by atoms with van der Waals surface area (Å²) >= 11 is 0. The fourth-order valence-corrected chi connectivity index (χ4v) is 5.87. The molecule has 14 heteroatoms. The third-order valence-electron chi connectivity index (χ3n) is 6.46. The zero-order chi connectivity index (χ0) is 26.9. The zero-order valence-corrected chi connectivity index (χ0v) is 21.9. The number of imidazole rings is 1. The molecule has 1 saturated heterocycles. The number of H-pyrrole nitrogens is 2. The monoisotopic (exact) mass is 544 g/mol. The van der Waals surface area contributed by atoms with Gasteiger partial charge in [-0.2, -0.15) is 9.40 Å². The Morgan fingerprint density at radius 3 is 2.68 bits per heavy atom. The number of ether oxygens (including phenoxy) is 4. The second-order valence-electron chi connectivity index (χ2n) is 8.62. The lowest BCUT2D eigenvalue weighted by Crippen LogP contribution is -2.40.